The molecule has 1 aromatic rings. The topological polar surface area (TPSA) is 20.2 Å². The van der Waals surface area contributed by atoms with Crippen LogP contribution >= 0.6 is 15.9 Å². The van der Waals surface area contributed by atoms with Crippen molar-refractivity contribution >= 4 is 15.9 Å². The Morgan fingerprint density at radius 2 is 1.86 bits per heavy atom. The van der Waals surface area contributed by atoms with Crippen LogP contribution < -0.4 is 0 Å². The molecule has 0 aliphatic rings. The number of rotatable bonds is 4. The van der Waals surface area contributed by atoms with Gasteiger partial charge in [-0.2, -0.15) is 0 Å². The fourth-order valence-corrected chi connectivity index (χ4v) is 1.63. The molecule has 1 aromatic carbocycles. The van der Waals surface area contributed by atoms with E-state index in [-0.39, 0.29) is 6.10 Å². The molecule has 0 aliphatic carbocycles. The molecular weight excluding hydrogens is 240 g/mol. The monoisotopic (exact) mass is 256 g/mol. The van der Waals surface area contributed by atoms with E-state index in [2.05, 4.69) is 29.8 Å². The number of aliphatic hydroxyl groups is 1. The number of halogens is 1. The molecule has 0 saturated carbocycles. The standard InChI is InChI=1S/C12H17BrO/c1-3-9(2)8-12(14)10-4-6-11(13)7-5-10/h4-7,9,12,14H,3,8H2,1-2H3. The first kappa shape index (κ1) is 11.7. The van der Waals surface area contributed by atoms with Gasteiger partial charge in [0, 0.05) is 4.47 Å². The van der Waals surface area contributed by atoms with Crippen molar-refractivity contribution in [1.82, 2.24) is 0 Å². The van der Waals surface area contributed by atoms with Gasteiger partial charge in [-0.3, -0.25) is 0 Å². The number of hydrogen-bond donors (Lipinski definition) is 1. The van der Waals surface area contributed by atoms with E-state index in [0.29, 0.717) is 5.92 Å². The zero-order valence-corrected chi connectivity index (χ0v) is 10.3. The first-order chi connectivity index (χ1) is 6.63. The second-order valence-corrected chi connectivity index (χ2v) is 4.73. The smallest absolute Gasteiger partial charge is 0.0792 e. The minimum atomic E-state index is -0.321. The van der Waals surface area contributed by atoms with Crippen molar-refractivity contribution in [2.24, 2.45) is 5.92 Å². The summed E-state index contributed by atoms with van der Waals surface area (Å²) in [5.74, 6) is 0.577. The van der Waals surface area contributed by atoms with E-state index < -0.39 is 0 Å². The molecule has 0 fully saturated rings. The van der Waals surface area contributed by atoms with Crippen molar-refractivity contribution < 1.29 is 5.11 Å². The number of benzene rings is 1. The van der Waals surface area contributed by atoms with Crippen LogP contribution in [0.4, 0.5) is 0 Å². The SMILES string of the molecule is CCC(C)CC(O)c1ccc(Br)cc1. The Morgan fingerprint density at radius 3 is 2.36 bits per heavy atom. The average Bonchev–Trinajstić information content (AvgIpc) is 2.18. The van der Waals surface area contributed by atoms with Crippen LogP contribution in [-0.4, -0.2) is 5.11 Å². The Labute approximate surface area is 94.3 Å². The maximum absolute atomic E-state index is 9.90. The number of aliphatic hydroxyl groups excluding tert-OH is 1. The van der Waals surface area contributed by atoms with Crippen molar-refractivity contribution in [2.45, 2.75) is 32.8 Å². The Balaban J connectivity index is 2.60. The van der Waals surface area contributed by atoms with Gasteiger partial charge in [0.25, 0.3) is 0 Å². The third kappa shape index (κ3) is 3.43. The lowest BCUT2D eigenvalue weighted by atomic mass is 9.97. The Morgan fingerprint density at radius 1 is 1.29 bits per heavy atom. The molecule has 1 rings (SSSR count). The molecule has 0 spiro atoms. The fourth-order valence-electron chi connectivity index (χ4n) is 1.37. The molecule has 2 heteroatoms. The van der Waals surface area contributed by atoms with Gasteiger partial charge in [0.1, 0.15) is 0 Å². The first-order valence-corrected chi connectivity index (χ1v) is 5.86. The molecular formula is C12H17BrO. The van der Waals surface area contributed by atoms with Crippen LogP contribution in [0.2, 0.25) is 0 Å². The second kappa shape index (κ2) is 5.52. The lowest BCUT2D eigenvalue weighted by Gasteiger charge is -2.15. The lowest BCUT2D eigenvalue weighted by Crippen LogP contribution is -2.03. The summed E-state index contributed by atoms with van der Waals surface area (Å²) in [6, 6.07) is 7.87. The van der Waals surface area contributed by atoms with Gasteiger partial charge in [0.05, 0.1) is 6.10 Å². The maximum Gasteiger partial charge on any atom is 0.0792 e. The van der Waals surface area contributed by atoms with Crippen LogP contribution in [0.5, 0.6) is 0 Å². The number of hydrogen-bond acceptors (Lipinski definition) is 1. The van der Waals surface area contributed by atoms with Gasteiger partial charge in [-0.15, -0.1) is 0 Å². The molecule has 2 unspecified atom stereocenters. The van der Waals surface area contributed by atoms with E-state index in [1.165, 1.54) is 0 Å². The predicted octanol–water partition coefficient (Wildman–Crippen LogP) is 3.92. The van der Waals surface area contributed by atoms with Gasteiger partial charge in [-0.05, 0) is 30.0 Å². The summed E-state index contributed by atoms with van der Waals surface area (Å²) < 4.78 is 1.05. The highest BCUT2D eigenvalue weighted by atomic mass is 79.9. The highest BCUT2D eigenvalue weighted by molar-refractivity contribution is 9.10. The molecule has 0 bridgehead atoms. The molecule has 0 radical (unpaired) electrons. The molecule has 2 atom stereocenters. The molecule has 0 aliphatic heterocycles. The molecule has 0 aromatic heterocycles. The van der Waals surface area contributed by atoms with Crippen LogP contribution in [0, 0.1) is 5.92 Å². The fraction of sp³-hybridized carbons (Fsp3) is 0.500. The van der Waals surface area contributed by atoms with E-state index in [4.69, 9.17) is 0 Å². The third-order valence-corrected chi connectivity index (χ3v) is 3.11. The van der Waals surface area contributed by atoms with Gasteiger partial charge in [0.15, 0.2) is 0 Å². The Bertz CT molecular complexity index is 268. The molecule has 0 saturated heterocycles. The normalized spacial score (nSPS) is 15.1. The first-order valence-electron chi connectivity index (χ1n) is 5.07. The van der Waals surface area contributed by atoms with Gasteiger partial charge in [0.2, 0.25) is 0 Å². The highest BCUT2D eigenvalue weighted by Crippen LogP contribution is 2.23. The largest absolute Gasteiger partial charge is 0.388 e. The van der Waals surface area contributed by atoms with E-state index in [0.717, 1.165) is 22.9 Å². The van der Waals surface area contributed by atoms with E-state index >= 15 is 0 Å². The molecule has 0 heterocycles. The van der Waals surface area contributed by atoms with E-state index in [9.17, 15) is 5.11 Å². The van der Waals surface area contributed by atoms with Crippen molar-refractivity contribution in [3.05, 3.63) is 34.3 Å². The van der Waals surface area contributed by atoms with E-state index in [1.807, 2.05) is 24.3 Å². The zero-order valence-electron chi connectivity index (χ0n) is 8.70. The van der Waals surface area contributed by atoms with Crippen LogP contribution in [0.25, 0.3) is 0 Å². The third-order valence-electron chi connectivity index (χ3n) is 2.58. The highest BCUT2D eigenvalue weighted by Gasteiger charge is 2.10. The second-order valence-electron chi connectivity index (χ2n) is 3.82. The van der Waals surface area contributed by atoms with Gasteiger partial charge < -0.3 is 5.11 Å². The molecule has 14 heavy (non-hydrogen) atoms. The quantitative estimate of drug-likeness (QED) is 0.866. The Hall–Kier alpha value is -0.340. The summed E-state index contributed by atoms with van der Waals surface area (Å²) in [5, 5.41) is 9.90. The average molecular weight is 257 g/mol. The lowest BCUT2D eigenvalue weighted by molar-refractivity contribution is 0.146. The van der Waals surface area contributed by atoms with Crippen LogP contribution in [0.15, 0.2) is 28.7 Å². The summed E-state index contributed by atoms with van der Waals surface area (Å²) in [6.45, 7) is 4.32. The summed E-state index contributed by atoms with van der Waals surface area (Å²) >= 11 is 3.38. The summed E-state index contributed by atoms with van der Waals surface area (Å²) in [7, 11) is 0. The zero-order chi connectivity index (χ0) is 10.6. The summed E-state index contributed by atoms with van der Waals surface area (Å²) in [6.07, 6.45) is 1.64. The minimum Gasteiger partial charge on any atom is -0.388 e. The predicted molar refractivity (Wildman–Crippen MR) is 63.2 cm³/mol. The molecule has 1 nitrogen and oxygen atoms in total. The molecule has 1 N–H and O–H groups in total. The van der Waals surface area contributed by atoms with Crippen molar-refractivity contribution in [3.63, 3.8) is 0 Å². The molecule has 0 amide bonds. The van der Waals surface area contributed by atoms with E-state index in [1.54, 1.807) is 0 Å². The summed E-state index contributed by atoms with van der Waals surface area (Å²) in [5.41, 5.74) is 1.01. The molecule has 78 valence electrons. The van der Waals surface area contributed by atoms with Gasteiger partial charge in [-0.1, -0.05) is 48.3 Å². The van der Waals surface area contributed by atoms with Crippen molar-refractivity contribution in [3.8, 4) is 0 Å². The van der Waals surface area contributed by atoms with Crippen LogP contribution in [-0.2, 0) is 0 Å². The van der Waals surface area contributed by atoms with Crippen molar-refractivity contribution in [1.29, 1.82) is 0 Å². The summed E-state index contributed by atoms with van der Waals surface area (Å²) in [4.78, 5) is 0. The maximum atomic E-state index is 9.90. The minimum absolute atomic E-state index is 0.321. The van der Waals surface area contributed by atoms with Gasteiger partial charge >= 0.3 is 0 Å². The van der Waals surface area contributed by atoms with Crippen LogP contribution in [0.3, 0.4) is 0 Å². The van der Waals surface area contributed by atoms with Crippen molar-refractivity contribution in [2.75, 3.05) is 0 Å². The van der Waals surface area contributed by atoms with Crippen LogP contribution in [0.1, 0.15) is 38.4 Å². The van der Waals surface area contributed by atoms with Gasteiger partial charge in [-0.25, -0.2) is 0 Å². The Kier molecular flexibility index (Phi) is 4.63.